The minimum absolute atomic E-state index is 0.00800. The van der Waals surface area contributed by atoms with Crippen molar-refractivity contribution in [3.8, 4) is 11.3 Å². The molecule has 182 valence electrons. The van der Waals surface area contributed by atoms with Gasteiger partial charge in [0, 0.05) is 35.8 Å². The summed E-state index contributed by atoms with van der Waals surface area (Å²) in [7, 11) is 0. The number of amides is 2. The van der Waals surface area contributed by atoms with E-state index in [-0.39, 0.29) is 35.2 Å². The quantitative estimate of drug-likeness (QED) is 0.431. The molecule has 1 unspecified atom stereocenters. The molecule has 3 aromatic rings. The van der Waals surface area contributed by atoms with Gasteiger partial charge in [-0.3, -0.25) is 9.59 Å². The molecule has 10 heteroatoms. The molecule has 1 fully saturated rings. The SMILES string of the molecule is Nc1ncc(-c2cccc(C(=O)NCc3c(F)cccc3F)c2)nc1C(=O)NC1CCCCNC1. The lowest BCUT2D eigenvalue weighted by Crippen LogP contribution is -2.41. The molecule has 0 saturated carbocycles. The third kappa shape index (κ3) is 5.96. The number of nitrogens with two attached hydrogens (primary N) is 1. The van der Waals surface area contributed by atoms with Crippen LogP contribution in [0.4, 0.5) is 14.6 Å². The highest BCUT2D eigenvalue weighted by molar-refractivity contribution is 5.97. The molecule has 5 N–H and O–H groups in total. The van der Waals surface area contributed by atoms with Crippen LogP contribution in [0.3, 0.4) is 0 Å². The van der Waals surface area contributed by atoms with Crippen LogP contribution in [0, 0.1) is 11.6 Å². The van der Waals surface area contributed by atoms with Crippen LogP contribution in [0.5, 0.6) is 0 Å². The summed E-state index contributed by atoms with van der Waals surface area (Å²) in [6, 6.07) is 9.97. The number of hydrogen-bond donors (Lipinski definition) is 4. The van der Waals surface area contributed by atoms with E-state index in [4.69, 9.17) is 5.73 Å². The normalized spacial score (nSPS) is 15.8. The van der Waals surface area contributed by atoms with Crippen LogP contribution in [0.15, 0.2) is 48.7 Å². The molecule has 2 amide bonds. The Balaban J connectivity index is 1.49. The van der Waals surface area contributed by atoms with Gasteiger partial charge in [0.1, 0.15) is 11.6 Å². The summed E-state index contributed by atoms with van der Waals surface area (Å²) < 4.78 is 27.7. The topological polar surface area (TPSA) is 122 Å². The molecule has 1 saturated heterocycles. The summed E-state index contributed by atoms with van der Waals surface area (Å²) >= 11 is 0. The number of anilines is 1. The molecule has 35 heavy (non-hydrogen) atoms. The fourth-order valence-electron chi connectivity index (χ4n) is 3.89. The first-order chi connectivity index (χ1) is 16.9. The Morgan fingerprint density at radius 3 is 2.66 bits per heavy atom. The standard InChI is InChI=1S/C25H26F2N6O2/c26-19-8-4-9-20(27)18(19)13-31-24(34)16-6-3-5-15(11-16)21-14-30-23(28)22(33-21)25(35)32-17-7-1-2-10-29-12-17/h3-6,8-9,11,14,17,29H,1-2,7,10,12-13H2,(H2,28,30)(H,31,34)(H,32,35). The van der Waals surface area contributed by atoms with Crippen molar-refractivity contribution in [2.45, 2.75) is 31.8 Å². The molecule has 8 nitrogen and oxygen atoms in total. The number of nitrogens with one attached hydrogen (secondary N) is 3. The molecule has 2 heterocycles. The third-order valence-corrected chi connectivity index (χ3v) is 5.81. The molecule has 0 aliphatic carbocycles. The maximum absolute atomic E-state index is 13.8. The summed E-state index contributed by atoms with van der Waals surface area (Å²) in [6.07, 6.45) is 4.35. The van der Waals surface area contributed by atoms with Gasteiger partial charge in [-0.15, -0.1) is 0 Å². The van der Waals surface area contributed by atoms with E-state index >= 15 is 0 Å². The van der Waals surface area contributed by atoms with Gasteiger partial charge in [-0.1, -0.05) is 24.6 Å². The van der Waals surface area contributed by atoms with E-state index in [1.807, 2.05) is 0 Å². The van der Waals surface area contributed by atoms with Crippen molar-refractivity contribution >= 4 is 17.6 Å². The predicted octanol–water partition coefficient (Wildman–Crippen LogP) is 2.81. The van der Waals surface area contributed by atoms with Crippen LogP contribution in [0.25, 0.3) is 11.3 Å². The lowest BCUT2D eigenvalue weighted by molar-refractivity contribution is 0.0928. The Bertz CT molecular complexity index is 1210. The van der Waals surface area contributed by atoms with Gasteiger partial charge in [0.05, 0.1) is 11.9 Å². The molecule has 0 spiro atoms. The van der Waals surface area contributed by atoms with Crippen molar-refractivity contribution in [2.75, 3.05) is 18.8 Å². The van der Waals surface area contributed by atoms with Crippen molar-refractivity contribution in [1.29, 1.82) is 0 Å². The second kappa shape index (κ2) is 11.0. The summed E-state index contributed by atoms with van der Waals surface area (Å²) in [5.74, 6) is -2.39. The van der Waals surface area contributed by atoms with Crippen molar-refractivity contribution in [2.24, 2.45) is 0 Å². The van der Waals surface area contributed by atoms with Gasteiger partial charge in [-0.05, 0) is 43.7 Å². The third-order valence-electron chi connectivity index (χ3n) is 5.81. The maximum atomic E-state index is 13.8. The fraction of sp³-hybridized carbons (Fsp3) is 0.280. The summed E-state index contributed by atoms with van der Waals surface area (Å²) in [5.41, 5.74) is 6.87. The van der Waals surface area contributed by atoms with Crippen molar-refractivity contribution in [1.82, 2.24) is 25.9 Å². The maximum Gasteiger partial charge on any atom is 0.274 e. The smallest absolute Gasteiger partial charge is 0.274 e. The number of rotatable bonds is 6. The summed E-state index contributed by atoms with van der Waals surface area (Å²) in [6.45, 7) is 1.29. The molecule has 1 aliphatic rings. The van der Waals surface area contributed by atoms with E-state index in [2.05, 4.69) is 25.9 Å². The van der Waals surface area contributed by atoms with Crippen molar-refractivity contribution in [3.63, 3.8) is 0 Å². The second-order valence-electron chi connectivity index (χ2n) is 8.32. The highest BCUT2D eigenvalue weighted by atomic mass is 19.1. The molecule has 2 aromatic carbocycles. The first-order valence-electron chi connectivity index (χ1n) is 11.4. The first-order valence-corrected chi connectivity index (χ1v) is 11.4. The van der Waals surface area contributed by atoms with Crippen molar-refractivity contribution < 1.29 is 18.4 Å². The molecule has 0 radical (unpaired) electrons. The monoisotopic (exact) mass is 480 g/mol. The van der Waals surface area contributed by atoms with Crippen LogP contribution in [0.2, 0.25) is 0 Å². The van der Waals surface area contributed by atoms with E-state index < -0.39 is 23.4 Å². The molecule has 1 atom stereocenters. The Morgan fingerprint density at radius 1 is 1.09 bits per heavy atom. The number of nitrogen functional groups attached to an aromatic ring is 1. The zero-order valence-electron chi connectivity index (χ0n) is 19.0. The van der Waals surface area contributed by atoms with Gasteiger partial charge in [0.2, 0.25) is 0 Å². The minimum atomic E-state index is -0.735. The van der Waals surface area contributed by atoms with Crippen LogP contribution in [0.1, 0.15) is 45.7 Å². The molecular formula is C25H26F2N6O2. The van der Waals surface area contributed by atoms with Crippen LogP contribution in [-0.2, 0) is 6.54 Å². The predicted molar refractivity (Wildman–Crippen MR) is 127 cm³/mol. The second-order valence-corrected chi connectivity index (χ2v) is 8.32. The van der Waals surface area contributed by atoms with E-state index in [1.165, 1.54) is 12.3 Å². The van der Waals surface area contributed by atoms with Gasteiger partial charge in [0.25, 0.3) is 11.8 Å². The van der Waals surface area contributed by atoms with Crippen LogP contribution in [-0.4, -0.2) is 40.9 Å². The van der Waals surface area contributed by atoms with E-state index in [0.717, 1.165) is 37.9 Å². The Labute approximate surface area is 201 Å². The average Bonchev–Trinajstić information content (AvgIpc) is 3.12. The number of halogens is 2. The zero-order valence-corrected chi connectivity index (χ0v) is 19.0. The van der Waals surface area contributed by atoms with E-state index in [0.29, 0.717) is 17.8 Å². The van der Waals surface area contributed by atoms with Gasteiger partial charge in [-0.2, -0.15) is 0 Å². The van der Waals surface area contributed by atoms with Gasteiger partial charge in [-0.25, -0.2) is 18.7 Å². The number of aromatic nitrogens is 2. The Kier molecular flexibility index (Phi) is 7.61. The molecule has 1 aromatic heterocycles. The summed E-state index contributed by atoms with van der Waals surface area (Å²) in [4.78, 5) is 34.0. The van der Waals surface area contributed by atoms with E-state index in [9.17, 15) is 18.4 Å². The Hall–Kier alpha value is -3.92. The minimum Gasteiger partial charge on any atom is -0.382 e. The van der Waals surface area contributed by atoms with Crippen molar-refractivity contribution in [3.05, 3.63) is 77.1 Å². The molecule has 1 aliphatic heterocycles. The number of carbonyl (C=O) groups excluding carboxylic acids is 2. The largest absolute Gasteiger partial charge is 0.382 e. The fourth-order valence-corrected chi connectivity index (χ4v) is 3.89. The highest BCUT2D eigenvalue weighted by Gasteiger charge is 2.20. The number of benzene rings is 2. The number of hydrogen-bond acceptors (Lipinski definition) is 6. The summed E-state index contributed by atoms with van der Waals surface area (Å²) in [5, 5.41) is 8.76. The first kappa shape index (κ1) is 24.2. The van der Waals surface area contributed by atoms with Gasteiger partial charge >= 0.3 is 0 Å². The molecule has 4 rings (SSSR count). The number of nitrogens with zero attached hydrogens (tertiary/aromatic N) is 2. The van der Waals surface area contributed by atoms with Gasteiger partial charge in [0.15, 0.2) is 11.5 Å². The molecule has 0 bridgehead atoms. The zero-order chi connectivity index (χ0) is 24.8. The lowest BCUT2D eigenvalue weighted by Gasteiger charge is -2.16. The Morgan fingerprint density at radius 2 is 1.86 bits per heavy atom. The van der Waals surface area contributed by atoms with Gasteiger partial charge < -0.3 is 21.7 Å². The van der Waals surface area contributed by atoms with Crippen LogP contribution >= 0.6 is 0 Å². The average molecular weight is 481 g/mol. The highest BCUT2D eigenvalue weighted by Crippen LogP contribution is 2.21. The number of carbonyl (C=O) groups is 2. The van der Waals surface area contributed by atoms with E-state index in [1.54, 1.807) is 24.3 Å². The van der Waals surface area contributed by atoms with Crippen LogP contribution < -0.4 is 21.7 Å². The molecular weight excluding hydrogens is 454 g/mol. The lowest BCUT2D eigenvalue weighted by atomic mass is 10.1.